The zero-order valence-electron chi connectivity index (χ0n) is 17.3. The molecule has 0 unspecified atom stereocenters. The lowest BCUT2D eigenvalue weighted by atomic mass is 10.2. The van der Waals surface area contributed by atoms with E-state index in [0.717, 1.165) is 55.9 Å². The molecule has 2 aliphatic rings. The zero-order chi connectivity index (χ0) is 19.3. The normalized spacial score (nSPS) is 20.7. The molecule has 2 aliphatic heterocycles. The molecular weight excluding hydrogens is 348 g/mol. The van der Waals surface area contributed by atoms with Gasteiger partial charge in [-0.2, -0.15) is 0 Å². The molecular formula is C23H34N4O. The molecule has 1 atom stereocenters. The van der Waals surface area contributed by atoms with Crippen LogP contribution in [0.5, 0.6) is 0 Å². The third-order valence-electron chi connectivity index (χ3n) is 6.50. The van der Waals surface area contributed by atoms with Crippen LogP contribution >= 0.6 is 0 Å². The van der Waals surface area contributed by atoms with Gasteiger partial charge in [0.25, 0.3) is 0 Å². The average Bonchev–Trinajstić information content (AvgIpc) is 2.96. The van der Waals surface area contributed by atoms with Crippen molar-refractivity contribution in [3.05, 3.63) is 30.1 Å². The number of nitrogens with zero attached hydrogens (tertiary/aromatic N) is 4. The van der Waals surface area contributed by atoms with Gasteiger partial charge in [-0.25, -0.2) is 4.98 Å². The van der Waals surface area contributed by atoms with Gasteiger partial charge in [-0.3, -0.25) is 9.69 Å². The number of likely N-dealkylation sites (tertiary alicyclic amines) is 2. The van der Waals surface area contributed by atoms with E-state index in [1.165, 1.54) is 38.5 Å². The summed E-state index contributed by atoms with van der Waals surface area (Å²) < 4.78 is 2.19. The average molecular weight is 383 g/mol. The lowest BCUT2D eigenvalue weighted by molar-refractivity contribution is -0.131. The first-order chi connectivity index (χ1) is 13.7. The van der Waals surface area contributed by atoms with Crippen LogP contribution in [0.4, 0.5) is 0 Å². The van der Waals surface area contributed by atoms with Gasteiger partial charge in [-0.05, 0) is 57.8 Å². The fourth-order valence-electron chi connectivity index (χ4n) is 4.78. The molecule has 2 fully saturated rings. The van der Waals surface area contributed by atoms with Crippen LogP contribution in [-0.4, -0.2) is 51.4 Å². The number of amides is 1. The second-order valence-corrected chi connectivity index (χ2v) is 8.47. The number of para-hydroxylation sites is 2. The van der Waals surface area contributed by atoms with Crippen LogP contribution in [0.1, 0.15) is 70.2 Å². The van der Waals surface area contributed by atoms with Crippen molar-refractivity contribution in [2.45, 2.75) is 70.9 Å². The second-order valence-electron chi connectivity index (χ2n) is 8.47. The van der Waals surface area contributed by atoms with Gasteiger partial charge in [0.2, 0.25) is 5.91 Å². The number of aromatic nitrogens is 2. The van der Waals surface area contributed by atoms with Crippen LogP contribution in [0, 0.1) is 0 Å². The van der Waals surface area contributed by atoms with Gasteiger partial charge in [0.05, 0.1) is 17.1 Å². The Balaban J connectivity index is 1.62. The molecule has 0 spiro atoms. The highest BCUT2D eigenvalue weighted by molar-refractivity contribution is 5.81. The van der Waals surface area contributed by atoms with Crippen LogP contribution < -0.4 is 0 Å². The molecule has 4 rings (SSSR count). The molecule has 0 aliphatic carbocycles. The third-order valence-corrected chi connectivity index (χ3v) is 6.50. The summed E-state index contributed by atoms with van der Waals surface area (Å²) in [6, 6.07) is 8.51. The van der Waals surface area contributed by atoms with Crippen molar-refractivity contribution in [3.8, 4) is 0 Å². The zero-order valence-corrected chi connectivity index (χ0v) is 17.3. The van der Waals surface area contributed by atoms with Crippen molar-refractivity contribution < 1.29 is 4.79 Å². The highest BCUT2D eigenvalue weighted by atomic mass is 16.2. The molecule has 5 nitrogen and oxygen atoms in total. The van der Waals surface area contributed by atoms with E-state index in [1.54, 1.807) is 0 Å². The summed E-state index contributed by atoms with van der Waals surface area (Å²) in [6.07, 6.45) is 9.93. The maximum absolute atomic E-state index is 13.1. The molecule has 1 aromatic heterocycles. The number of carbonyl (C=O) groups excluding carboxylic acids is 1. The minimum Gasteiger partial charge on any atom is -0.341 e. The van der Waals surface area contributed by atoms with Crippen molar-refractivity contribution >= 4 is 16.9 Å². The fraction of sp³-hybridized carbons (Fsp3) is 0.652. The second kappa shape index (κ2) is 9.08. The molecule has 1 amide bonds. The summed E-state index contributed by atoms with van der Waals surface area (Å²) in [5.41, 5.74) is 2.09. The Morgan fingerprint density at radius 3 is 2.21 bits per heavy atom. The standard InChI is InChI=1S/C23H34N4O/c1-19(25-14-8-2-3-9-15-25)23-24-20-12-6-7-13-21(20)27(23)18-22(28)26-16-10-4-5-11-17-26/h6-7,12-13,19H,2-5,8-11,14-18H2,1H3/t19-/m1/s1. The first-order valence-electron chi connectivity index (χ1n) is 11.2. The van der Waals surface area contributed by atoms with Gasteiger partial charge >= 0.3 is 0 Å². The number of carbonyl (C=O) groups is 1. The van der Waals surface area contributed by atoms with Gasteiger partial charge < -0.3 is 9.47 Å². The van der Waals surface area contributed by atoms with E-state index < -0.39 is 0 Å². The number of rotatable bonds is 4. The third kappa shape index (κ3) is 4.24. The Hall–Kier alpha value is -1.88. The smallest absolute Gasteiger partial charge is 0.242 e. The molecule has 1 aromatic carbocycles. The van der Waals surface area contributed by atoms with E-state index in [2.05, 4.69) is 39.5 Å². The van der Waals surface area contributed by atoms with Crippen molar-refractivity contribution in [3.63, 3.8) is 0 Å². The molecule has 2 aromatic rings. The van der Waals surface area contributed by atoms with Crippen molar-refractivity contribution in [1.29, 1.82) is 0 Å². The molecule has 5 heteroatoms. The summed E-state index contributed by atoms with van der Waals surface area (Å²) in [5.74, 6) is 1.29. The molecule has 2 saturated heterocycles. The van der Waals surface area contributed by atoms with Gasteiger partial charge in [-0.15, -0.1) is 0 Å². The summed E-state index contributed by atoms with van der Waals surface area (Å²) in [7, 11) is 0. The Kier molecular flexibility index (Phi) is 6.30. The Morgan fingerprint density at radius 2 is 1.54 bits per heavy atom. The molecule has 3 heterocycles. The fourth-order valence-corrected chi connectivity index (χ4v) is 4.78. The maximum Gasteiger partial charge on any atom is 0.242 e. The van der Waals surface area contributed by atoms with Crippen LogP contribution in [0.15, 0.2) is 24.3 Å². The van der Waals surface area contributed by atoms with Crippen molar-refractivity contribution in [1.82, 2.24) is 19.4 Å². The molecule has 152 valence electrons. The molecule has 0 radical (unpaired) electrons. The minimum absolute atomic E-state index is 0.238. The lowest BCUT2D eigenvalue weighted by Crippen LogP contribution is -2.36. The highest BCUT2D eigenvalue weighted by Gasteiger charge is 2.25. The Morgan fingerprint density at radius 1 is 0.929 bits per heavy atom. The van der Waals surface area contributed by atoms with E-state index in [0.29, 0.717) is 6.54 Å². The summed E-state index contributed by atoms with van der Waals surface area (Å²) >= 11 is 0. The van der Waals surface area contributed by atoms with Gasteiger partial charge in [0, 0.05) is 13.1 Å². The van der Waals surface area contributed by atoms with E-state index in [1.807, 2.05) is 6.07 Å². The summed E-state index contributed by atoms with van der Waals surface area (Å²) in [5, 5.41) is 0. The predicted octanol–water partition coefficient (Wildman–Crippen LogP) is 4.38. The lowest BCUT2D eigenvalue weighted by Gasteiger charge is -2.28. The Bertz CT molecular complexity index is 783. The van der Waals surface area contributed by atoms with Crippen LogP contribution in [0.25, 0.3) is 11.0 Å². The molecule has 0 saturated carbocycles. The van der Waals surface area contributed by atoms with Gasteiger partial charge in [0.1, 0.15) is 12.4 Å². The van der Waals surface area contributed by atoms with Crippen LogP contribution in [0.3, 0.4) is 0 Å². The van der Waals surface area contributed by atoms with E-state index >= 15 is 0 Å². The van der Waals surface area contributed by atoms with Crippen molar-refractivity contribution in [2.24, 2.45) is 0 Å². The number of benzene rings is 1. The highest BCUT2D eigenvalue weighted by Crippen LogP contribution is 2.27. The first-order valence-corrected chi connectivity index (χ1v) is 11.2. The number of hydrogen-bond donors (Lipinski definition) is 0. The largest absolute Gasteiger partial charge is 0.341 e. The topological polar surface area (TPSA) is 41.4 Å². The quantitative estimate of drug-likeness (QED) is 0.788. The number of fused-ring (bicyclic) bond motifs is 1. The first kappa shape index (κ1) is 19.4. The Labute approximate surface area is 168 Å². The molecule has 28 heavy (non-hydrogen) atoms. The monoisotopic (exact) mass is 382 g/mol. The van der Waals surface area contributed by atoms with E-state index in [4.69, 9.17) is 4.98 Å². The van der Waals surface area contributed by atoms with Gasteiger partial charge in [-0.1, -0.05) is 37.8 Å². The van der Waals surface area contributed by atoms with Crippen LogP contribution in [-0.2, 0) is 11.3 Å². The van der Waals surface area contributed by atoms with Crippen LogP contribution in [0.2, 0.25) is 0 Å². The summed E-state index contributed by atoms with van der Waals surface area (Å²) in [4.78, 5) is 22.7. The van der Waals surface area contributed by atoms with E-state index in [-0.39, 0.29) is 11.9 Å². The number of imidazole rings is 1. The van der Waals surface area contributed by atoms with Gasteiger partial charge in [0.15, 0.2) is 0 Å². The summed E-state index contributed by atoms with van der Waals surface area (Å²) in [6.45, 7) is 6.74. The molecule has 0 bridgehead atoms. The van der Waals surface area contributed by atoms with Crippen molar-refractivity contribution in [2.75, 3.05) is 26.2 Å². The number of hydrogen-bond acceptors (Lipinski definition) is 3. The maximum atomic E-state index is 13.1. The minimum atomic E-state index is 0.238. The molecule has 0 N–H and O–H groups in total. The SMILES string of the molecule is C[C@H](c1nc2ccccc2n1CC(=O)N1CCCCCC1)N1CCCCCC1. The predicted molar refractivity (Wildman–Crippen MR) is 113 cm³/mol. The van der Waals surface area contributed by atoms with E-state index in [9.17, 15) is 4.79 Å².